The Hall–Kier alpha value is -4.86. The number of carbonyl (C=O) groups excluding carboxylic acids is 2. The minimum Gasteiger partial charge on any atom is -0.507 e. The molecule has 4 rings (SSSR count). The topological polar surface area (TPSA) is 128 Å². The monoisotopic (exact) mass is 504 g/mol. The van der Waals surface area contributed by atoms with E-state index in [0.29, 0.717) is 28.5 Å². The molecule has 1 unspecified atom stereocenters. The summed E-state index contributed by atoms with van der Waals surface area (Å²) in [4.78, 5) is 38.5. The van der Waals surface area contributed by atoms with Gasteiger partial charge in [-0.15, -0.1) is 0 Å². The molecule has 0 radical (unpaired) electrons. The minimum absolute atomic E-state index is 0.143. The van der Waals surface area contributed by atoms with Gasteiger partial charge >= 0.3 is 0 Å². The van der Waals surface area contributed by atoms with Crippen LogP contribution < -0.4 is 19.1 Å². The molecule has 0 aromatic heterocycles. The van der Waals surface area contributed by atoms with E-state index >= 15 is 0 Å². The van der Waals surface area contributed by atoms with Gasteiger partial charge in [0, 0.05) is 23.4 Å². The number of nitro benzene ring substituents is 1. The van der Waals surface area contributed by atoms with Gasteiger partial charge in [0.2, 0.25) is 5.75 Å². The number of hydrogen-bond acceptors (Lipinski definition) is 8. The predicted molar refractivity (Wildman–Crippen MR) is 135 cm³/mol. The number of aliphatic hydroxyl groups is 1. The van der Waals surface area contributed by atoms with Gasteiger partial charge < -0.3 is 19.3 Å². The number of nitrogens with zero attached hydrogens (tertiary/aromatic N) is 2. The molecule has 3 aromatic rings. The molecule has 1 heterocycles. The third-order valence-corrected chi connectivity index (χ3v) is 6.11. The summed E-state index contributed by atoms with van der Waals surface area (Å²) in [5, 5.41) is 22.3. The van der Waals surface area contributed by atoms with Crippen molar-refractivity contribution in [3.8, 4) is 17.2 Å². The molecule has 1 saturated heterocycles. The van der Waals surface area contributed by atoms with Crippen LogP contribution in [0, 0.1) is 17.0 Å². The SMILES string of the molecule is COc1cc(C2/C(=C(\O)c3ccc([N+](=O)[O-])cc3)C(=O)C(=O)N2c2ccc(C)cc2)cc(OC)c1OC. The standard InChI is InChI=1S/C27H24N2O8/c1-15-5-9-18(10-6-15)28-23(17-13-20(35-2)26(37-4)21(14-17)36-3)22(25(31)27(28)32)24(30)16-7-11-19(12-8-16)29(33)34/h5-14,23,30H,1-4H3/b24-22+. The summed E-state index contributed by atoms with van der Waals surface area (Å²) >= 11 is 0. The smallest absolute Gasteiger partial charge is 0.300 e. The van der Waals surface area contributed by atoms with E-state index in [-0.39, 0.29) is 16.8 Å². The van der Waals surface area contributed by atoms with Crippen LogP contribution in [-0.4, -0.2) is 43.0 Å². The van der Waals surface area contributed by atoms with Crippen molar-refractivity contribution < 1.29 is 33.8 Å². The van der Waals surface area contributed by atoms with Crippen molar-refractivity contribution in [1.82, 2.24) is 0 Å². The summed E-state index contributed by atoms with van der Waals surface area (Å²) in [5.41, 5.74) is 1.58. The van der Waals surface area contributed by atoms with Crippen molar-refractivity contribution in [3.63, 3.8) is 0 Å². The number of aryl methyl sites for hydroxylation is 1. The fraction of sp³-hybridized carbons (Fsp3) is 0.185. The lowest BCUT2D eigenvalue weighted by atomic mass is 9.94. The average Bonchev–Trinajstić information content (AvgIpc) is 3.17. The zero-order valence-corrected chi connectivity index (χ0v) is 20.6. The number of anilines is 1. The number of non-ortho nitro benzene ring substituents is 1. The van der Waals surface area contributed by atoms with E-state index in [2.05, 4.69) is 0 Å². The van der Waals surface area contributed by atoms with E-state index in [1.807, 2.05) is 6.92 Å². The summed E-state index contributed by atoms with van der Waals surface area (Å²) in [6.45, 7) is 1.89. The zero-order valence-electron chi connectivity index (χ0n) is 20.6. The van der Waals surface area contributed by atoms with Gasteiger partial charge in [-0.25, -0.2) is 0 Å². The Morgan fingerprint density at radius 2 is 1.49 bits per heavy atom. The Labute approximate surface area is 212 Å². The molecule has 0 bridgehead atoms. The van der Waals surface area contributed by atoms with Gasteiger partial charge in [0.1, 0.15) is 5.76 Å². The van der Waals surface area contributed by atoms with E-state index in [9.17, 15) is 24.8 Å². The van der Waals surface area contributed by atoms with Crippen LogP contribution in [0.25, 0.3) is 5.76 Å². The first-order valence-corrected chi connectivity index (χ1v) is 11.1. The molecule has 1 atom stereocenters. The van der Waals surface area contributed by atoms with Crippen LogP contribution in [0.1, 0.15) is 22.7 Å². The lowest BCUT2D eigenvalue weighted by Crippen LogP contribution is -2.29. The molecule has 1 aliphatic heterocycles. The highest BCUT2D eigenvalue weighted by atomic mass is 16.6. The molecule has 0 aliphatic carbocycles. The van der Waals surface area contributed by atoms with E-state index in [1.165, 1.54) is 50.5 Å². The second kappa shape index (κ2) is 10.0. The number of ether oxygens (including phenoxy) is 3. The summed E-state index contributed by atoms with van der Waals surface area (Å²) < 4.78 is 16.3. The van der Waals surface area contributed by atoms with Crippen molar-refractivity contribution in [2.24, 2.45) is 0 Å². The first-order chi connectivity index (χ1) is 17.7. The van der Waals surface area contributed by atoms with Crippen molar-refractivity contribution in [3.05, 3.63) is 93.0 Å². The Kier molecular flexibility index (Phi) is 6.83. The van der Waals surface area contributed by atoms with Crippen LogP contribution in [0.2, 0.25) is 0 Å². The number of Topliss-reactive ketones (excluding diaryl/α,β-unsaturated/α-hetero) is 1. The van der Waals surface area contributed by atoms with Crippen LogP contribution in [0.15, 0.2) is 66.2 Å². The normalized spacial score (nSPS) is 16.5. The van der Waals surface area contributed by atoms with Gasteiger partial charge in [-0.2, -0.15) is 0 Å². The number of ketones is 1. The summed E-state index contributed by atoms with van der Waals surface area (Å²) in [5.74, 6) is -1.32. The lowest BCUT2D eigenvalue weighted by Gasteiger charge is -2.26. The summed E-state index contributed by atoms with van der Waals surface area (Å²) in [7, 11) is 4.33. The average molecular weight is 504 g/mol. The maximum atomic E-state index is 13.4. The Balaban J connectivity index is 1.99. The summed E-state index contributed by atoms with van der Waals surface area (Å²) in [6.07, 6.45) is 0. The van der Waals surface area contributed by atoms with Gasteiger partial charge in [0.15, 0.2) is 11.5 Å². The molecule has 190 valence electrons. The molecule has 0 saturated carbocycles. The maximum Gasteiger partial charge on any atom is 0.300 e. The van der Waals surface area contributed by atoms with Gasteiger partial charge in [-0.3, -0.25) is 24.6 Å². The van der Waals surface area contributed by atoms with Gasteiger partial charge in [0.05, 0.1) is 37.9 Å². The van der Waals surface area contributed by atoms with Gasteiger partial charge in [-0.05, 0) is 48.9 Å². The lowest BCUT2D eigenvalue weighted by molar-refractivity contribution is -0.384. The van der Waals surface area contributed by atoms with Crippen LogP contribution in [0.4, 0.5) is 11.4 Å². The second-order valence-corrected chi connectivity index (χ2v) is 8.27. The highest BCUT2D eigenvalue weighted by molar-refractivity contribution is 6.51. The molecule has 10 heteroatoms. The molecule has 37 heavy (non-hydrogen) atoms. The third-order valence-electron chi connectivity index (χ3n) is 6.11. The Bertz CT molecular complexity index is 1390. The molecular weight excluding hydrogens is 480 g/mol. The zero-order chi connectivity index (χ0) is 26.9. The highest BCUT2D eigenvalue weighted by Gasteiger charge is 2.47. The van der Waals surface area contributed by atoms with Crippen molar-refractivity contribution >= 4 is 28.8 Å². The predicted octanol–water partition coefficient (Wildman–Crippen LogP) is 4.56. The molecule has 1 amide bonds. The Morgan fingerprint density at radius 1 is 0.919 bits per heavy atom. The van der Waals surface area contributed by atoms with Crippen molar-refractivity contribution in [2.45, 2.75) is 13.0 Å². The van der Waals surface area contributed by atoms with E-state index in [1.54, 1.807) is 36.4 Å². The quantitative estimate of drug-likeness (QED) is 0.163. The number of aliphatic hydroxyl groups excluding tert-OH is 1. The van der Waals surface area contributed by atoms with E-state index < -0.39 is 28.4 Å². The van der Waals surface area contributed by atoms with Crippen molar-refractivity contribution in [2.75, 3.05) is 26.2 Å². The maximum absolute atomic E-state index is 13.4. The molecule has 1 aliphatic rings. The minimum atomic E-state index is -1.06. The van der Waals surface area contributed by atoms with Crippen LogP contribution in [0.3, 0.4) is 0 Å². The van der Waals surface area contributed by atoms with Gasteiger partial charge in [-0.1, -0.05) is 17.7 Å². The number of amides is 1. The largest absolute Gasteiger partial charge is 0.507 e. The highest BCUT2D eigenvalue weighted by Crippen LogP contribution is 2.47. The van der Waals surface area contributed by atoms with Gasteiger partial charge in [0.25, 0.3) is 17.4 Å². The summed E-state index contributed by atoms with van der Waals surface area (Å²) in [6, 6.07) is 14.2. The Morgan fingerprint density at radius 3 is 1.97 bits per heavy atom. The molecule has 10 nitrogen and oxygen atoms in total. The van der Waals surface area contributed by atoms with E-state index in [4.69, 9.17) is 14.2 Å². The number of carbonyl (C=O) groups is 2. The molecule has 3 aromatic carbocycles. The number of methoxy groups -OCH3 is 3. The fourth-order valence-corrected chi connectivity index (χ4v) is 4.28. The second-order valence-electron chi connectivity index (χ2n) is 8.27. The first kappa shape index (κ1) is 25.2. The first-order valence-electron chi connectivity index (χ1n) is 11.1. The fourth-order valence-electron chi connectivity index (χ4n) is 4.28. The third kappa shape index (κ3) is 4.44. The number of hydrogen-bond donors (Lipinski definition) is 1. The molecule has 1 N–H and O–H groups in total. The number of benzene rings is 3. The van der Waals surface area contributed by atoms with E-state index in [0.717, 1.165) is 5.56 Å². The number of rotatable bonds is 7. The number of nitro groups is 1. The molecular formula is C27H24N2O8. The molecule has 1 fully saturated rings. The van der Waals surface area contributed by atoms with Crippen LogP contribution >= 0.6 is 0 Å². The van der Waals surface area contributed by atoms with Crippen LogP contribution in [-0.2, 0) is 9.59 Å². The van der Waals surface area contributed by atoms with Crippen molar-refractivity contribution in [1.29, 1.82) is 0 Å². The molecule has 0 spiro atoms. The van der Waals surface area contributed by atoms with Crippen LogP contribution in [0.5, 0.6) is 17.2 Å².